The smallest absolute Gasteiger partial charge is 0.267 e. The van der Waals surface area contributed by atoms with E-state index in [9.17, 15) is 13.2 Å². The summed E-state index contributed by atoms with van der Waals surface area (Å²) < 4.78 is 39.0. The Morgan fingerprint density at radius 2 is 1.71 bits per heavy atom. The number of benzene rings is 1. The number of carbonyl (C=O) groups is 1. The molecule has 3 aromatic rings. The summed E-state index contributed by atoms with van der Waals surface area (Å²) in [5, 5.41) is 2.62. The molecule has 0 unspecified atom stereocenters. The molecule has 162 valence electrons. The van der Waals surface area contributed by atoms with Gasteiger partial charge in [-0.2, -0.15) is 0 Å². The van der Waals surface area contributed by atoms with Gasteiger partial charge < -0.3 is 14.8 Å². The molecule has 0 saturated carbocycles. The summed E-state index contributed by atoms with van der Waals surface area (Å²) in [5.41, 5.74) is 2.43. The number of amides is 1. The van der Waals surface area contributed by atoms with Crippen molar-refractivity contribution in [3.8, 4) is 11.6 Å². The molecule has 1 amide bonds. The third kappa shape index (κ3) is 4.92. The minimum absolute atomic E-state index is 0.0974. The van der Waals surface area contributed by atoms with E-state index in [0.29, 0.717) is 11.4 Å². The first-order valence-electron chi connectivity index (χ1n) is 9.18. The lowest BCUT2D eigenvalue weighted by Gasteiger charge is -2.15. The van der Waals surface area contributed by atoms with Crippen LogP contribution in [0.3, 0.4) is 0 Å². The van der Waals surface area contributed by atoms with Crippen molar-refractivity contribution in [2.75, 3.05) is 24.3 Å². The van der Waals surface area contributed by atoms with Gasteiger partial charge in [0.05, 0.1) is 43.6 Å². The predicted molar refractivity (Wildman–Crippen MR) is 116 cm³/mol. The van der Waals surface area contributed by atoms with Crippen molar-refractivity contribution in [2.45, 2.75) is 18.7 Å². The van der Waals surface area contributed by atoms with Crippen LogP contribution in [0.15, 0.2) is 53.8 Å². The lowest BCUT2D eigenvalue weighted by Crippen LogP contribution is -2.18. The van der Waals surface area contributed by atoms with Crippen LogP contribution in [-0.4, -0.2) is 38.5 Å². The molecule has 0 bridgehead atoms. The molecule has 0 aliphatic heterocycles. The molecular weight excluding hydrogens is 420 g/mol. The lowest BCUT2D eigenvalue weighted by molar-refractivity contribution is 0.102. The van der Waals surface area contributed by atoms with Crippen LogP contribution >= 0.6 is 0 Å². The second-order valence-corrected chi connectivity index (χ2v) is 8.32. The van der Waals surface area contributed by atoms with Gasteiger partial charge in [0, 0.05) is 6.20 Å². The number of sulfonamides is 1. The monoisotopic (exact) mass is 442 g/mol. The molecule has 0 saturated heterocycles. The molecule has 1 aromatic carbocycles. The van der Waals surface area contributed by atoms with E-state index < -0.39 is 15.9 Å². The van der Waals surface area contributed by atoms with E-state index >= 15 is 0 Å². The Morgan fingerprint density at radius 1 is 1.00 bits per heavy atom. The Labute approximate surface area is 180 Å². The molecular formula is C21H22N4O5S. The largest absolute Gasteiger partial charge is 0.495 e. The third-order valence-electron chi connectivity index (χ3n) is 4.49. The van der Waals surface area contributed by atoms with Crippen molar-refractivity contribution >= 4 is 27.3 Å². The molecule has 3 rings (SSSR count). The van der Waals surface area contributed by atoms with Crippen LogP contribution in [0.1, 0.15) is 21.5 Å². The maximum atomic E-state index is 13.1. The predicted octanol–water partition coefficient (Wildman–Crippen LogP) is 3.16. The average Bonchev–Trinajstić information content (AvgIpc) is 2.76. The SMILES string of the molecule is COc1cncc(C(=O)Nc2cnc(OC)c(S(=O)(=O)Nc3c(C)cccc3C)c2)c1. The first-order valence-corrected chi connectivity index (χ1v) is 10.7. The van der Waals surface area contributed by atoms with E-state index in [2.05, 4.69) is 20.0 Å². The number of hydrogen-bond acceptors (Lipinski definition) is 7. The molecule has 0 spiro atoms. The quantitative estimate of drug-likeness (QED) is 0.577. The number of methoxy groups -OCH3 is 2. The molecule has 2 heterocycles. The lowest BCUT2D eigenvalue weighted by atomic mass is 10.1. The van der Waals surface area contributed by atoms with Crippen molar-refractivity contribution in [3.05, 3.63) is 65.6 Å². The molecule has 0 aliphatic carbocycles. The van der Waals surface area contributed by atoms with Gasteiger partial charge in [0.2, 0.25) is 5.88 Å². The van der Waals surface area contributed by atoms with E-state index in [-0.39, 0.29) is 22.0 Å². The minimum Gasteiger partial charge on any atom is -0.495 e. The van der Waals surface area contributed by atoms with Crippen LogP contribution in [0.2, 0.25) is 0 Å². The summed E-state index contributed by atoms with van der Waals surface area (Å²) in [6.07, 6.45) is 4.15. The van der Waals surface area contributed by atoms with E-state index in [0.717, 1.165) is 11.1 Å². The molecule has 0 atom stereocenters. The number of nitrogens with zero attached hydrogens (tertiary/aromatic N) is 2. The number of hydrogen-bond donors (Lipinski definition) is 2. The number of rotatable bonds is 7. The summed E-state index contributed by atoms with van der Waals surface area (Å²) in [4.78, 5) is 20.3. The fourth-order valence-corrected chi connectivity index (χ4v) is 4.22. The van der Waals surface area contributed by atoms with Gasteiger partial charge in [-0.25, -0.2) is 13.4 Å². The number of aromatic nitrogens is 2. The first-order chi connectivity index (χ1) is 14.7. The van der Waals surface area contributed by atoms with Gasteiger partial charge in [0.15, 0.2) is 4.90 Å². The van der Waals surface area contributed by atoms with Gasteiger partial charge in [-0.05, 0) is 37.1 Å². The van der Waals surface area contributed by atoms with E-state index in [1.54, 1.807) is 26.0 Å². The summed E-state index contributed by atoms with van der Waals surface area (Å²) in [6.45, 7) is 3.61. The fraction of sp³-hybridized carbons (Fsp3) is 0.190. The molecule has 10 heteroatoms. The number of ether oxygens (including phenoxy) is 2. The number of para-hydroxylation sites is 1. The second kappa shape index (κ2) is 9.00. The van der Waals surface area contributed by atoms with E-state index in [1.807, 2.05) is 6.07 Å². The summed E-state index contributed by atoms with van der Waals surface area (Å²) in [7, 11) is -1.27. The number of aryl methyl sites for hydroxylation is 2. The van der Waals surface area contributed by atoms with Gasteiger partial charge in [-0.15, -0.1) is 0 Å². The highest BCUT2D eigenvalue weighted by Gasteiger charge is 2.23. The van der Waals surface area contributed by atoms with Crippen LogP contribution in [0, 0.1) is 13.8 Å². The minimum atomic E-state index is -4.06. The standard InChI is InChI=1S/C21H22N4O5S/c1-13-6-5-7-14(2)19(13)25-31(27,28)18-9-16(11-23-21(18)30-4)24-20(26)15-8-17(29-3)12-22-10-15/h5-12,25H,1-4H3,(H,24,26). The third-order valence-corrected chi connectivity index (χ3v) is 5.83. The number of carbonyl (C=O) groups excluding carboxylic acids is 1. The van der Waals surface area contributed by atoms with Crippen molar-refractivity contribution in [1.82, 2.24) is 9.97 Å². The van der Waals surface area contributed by atoms with Gasteiger partial charge in [0.1, 0.15) is 5.75 Å². The maximum absolute atomic E-state index is 13.1. The Balaban J connectivity index is 1.94. The number of anilines is 2. The van der Waals surface area contributed by atoms with Crippen LogP contribution in [-0.2, 0) is 10.0 Å². The molecule has 2 aromatic heterocycles. The molecule has 2 N–H and O–H groups in total. The Kier molecular flexibility index (Phi) is 6.40. The highest BCUT2D eigenvalue weighted by Crippen LogP contribution is 2.29. The van der Waals surface area contributed by atoms with Crippen molar-refractivity contribution in [1.29, 1.82) is 0 Å². The van der Waals surface area contributed by atoms with E-state index in [1.165, 1.54) is 44.9 Å². The number of pyridine rings is 2. The van der Waals surface area contributed by atoms with Gasteiger partial charge in [-0.3, -0.25) is 14.5 Å². The molecule has 31 heavy (non-hydrogen) atoms. The molecule has 0 radical (unpaired) electrons. The Hall–Kier alpha value is -3.66. The summed E-state index contributed by atoms with van der Waals surface area (Å²) in [5.74, 6) is -0.175. The molecule has 0 aliphatic rings. The van der Waals surface area contributed by atoms with Gasteiger partial charge in [-0.1, -0.05) is 18.2 Å². The zero-order valence-corrected chi connectivity index (χ0v) is 18.3. The van der Waals surface area contributed by atoms with Crippen molar-refractivity contribution in [2.24, 2.45) is 0 Å². The summed E-state index contributed by atoms with van der Waals surface area (Å²) in [6, 6.07) is 8.25. The zero-order valence-electron chi connectivity index (χ0n) is 17.5. The molecule has 0 fully saturated rings. The van der Waals surface area contributed by atoms with Crippen molar-refractivity contribution < 1.29 is 22.7 Å². The van der Waals surface area contributed by atoms with Gasteiger partial charge in [0.25, 0.3) is 15.9 Å². The normalized spacial score (nSPS) is 11.0. The maximum Gasteiger partial charge on any atom is 0.267 e. The Morgan fingerprint density at radius 3 is 2.35 bits per heavy atom. The average molecular weight is 442 g/mol. The highest BCUT2D eigenvalue weighted by molar-refractivity contribution is 7.92. The van der Waals surface area contributed by atoms with E-state index in [4.69, 9.17) is 9.47 Å². The second-order valence-electron chi connectivity index (χ2n) is 6.67. The van der Waals surface area contributed by atoms with Crippen LogP contribution in [0.4, 0.5) is 11.4 Å². The Bertz CT molecular complexity index is 1210. The fourth-order valence-electron chi connectivity index (χ4n) is 2.87. The van der Waals surface area contributed by atoms with Crippen molar-refractivity contribution in [3.63, 3.8) is 0 Å². The highest BCUT2D eigenvalue weighted by atomic mass is 32.2. The zero-order chi connectivity index (χ0) is 22.6. The molecule has 9 nitrogen and oxygen atoms in total. The van der Waals surface area contributed by atoms with Crippen LogP contribution < -0.4 is 19.5 Å². The number of nitrogens with one attached hydrogen (secondary N) is 2. The van der Waals surface area contributed by atoms with Crippen LogP contribution in [0.5, 0.6) is 11.6 Å². The first kappa shape index (κ1) is 22.0. The van der Waals surface area contributed by atoms with Crippen LogP contribution in [0.25, 0.3) is 0 Å². The van der Waals surface area contributed by atoms with Gasteiger partial charge >= 0.3 is 0 Å². The summed E-state index contributed by atoms with van der Waals surface area (Å²) >= 11 is 0. The topological polar surface area (TPSA) is 120 Å².